The molecule has 1 heterocycles. The maximum absolute atomic E-state index is 12.9. The molecule has 2 aromatic carbocycles. The zero-order valence-electron chi connectivity index (χ0n) is 18.1. The van der Waals surface area contributed by atoms with Crippen LogP contribution in [-0.2, 0) is 16.4 Å². The van der Waals surface area contributed by atoms with Crippen LogP contribution in [0.15, 0.2) is 52.3 Å². The summed E-state index contributed by atoms with van der Waals surface area (Å²) < 4.78 is 33.7. The molecule has 1 aliphatic rings. The molecule has 0 aliphatic carbocycles. The summed E-state index contributed by atoms with van der Waals surface area (Å²) in [5, 5.41) is 0. The van der Waals surface area contributed by atoms with Crippen molar-refractivity contribution >= 4 is 27.7 Å². The summed E-state index contributed by atoms with van der Waals surface area (Å²) in [6.07, 6.45) is 5.97. The lowest BCUT2D eigenvalue weighted by Gasteiger charge is -2.18. The van der Waals surface area contributed by atoms with E-state index in [1.807, 2.05) is 30.5 Å². The highest BCUT2D eigenvalue weighted by molar-refractivity contribution is 7.98. The van der Waals surface area contributed by atoms with Crippen LogP contribution in [0.4, 0.5) is 0 Å². The fourth-order valence-corrected chi connectivity index (χ4v) is 5.19. The summed E-state index contributed by atoms with van der Waals surface area (Å²) in [4.78, 5) is 15.5. The number of carbonyl (C=O) groups excluding carboxylic acids is 1. The Morgan fingerprint density at radius 1 is 1.13 bits per heavy atom. The van der Waals surface area contributed by atoms with Crippen molar-refractivity contribution in [1.29, 1.82) is 0 Å². The Kier molecular flexibility index (Phi) is 8.40. The highest BCUT2D eigenvalue weighted by atomic mass is 32.2. The molecule has 2 aromatic rings. The molecule has 0 atom stereocenters. The maximum atomic E-state index is 12.9. The van der Waals surface area contributed by atoms with E-state index in [1.165, 1.54) is 23.4 Å². The van der Waals surface area contributed by atoms with Gasteiger partial charge < -0.3 is 9.64 Å². The molecular formula is C23H30N2O4S2. The van der Waals surface area contributed by atoms with Crippen LogP contribution >= 0.6 is 11.8 Å². The van der Waals surface area contributed by atoms with Gasteiger partial charge in [-0.1, -0.05) is 25.5 Å². The van der Waals surface area contributed by atoms with Gasteiger partial charge in [0.15, 0.2) is 0 Å². The first-order valence-corrected chi connectivity index (χ1v) is 13.3. The van der Waals surface area contributed by atoms with Crippen molar-refractivity contribution in [1.82, 2.24) is 9.62 Å². The van der Waals surface area contributed by atoms with Gasteiger partial charge in [0.1, 0.15) is 12.4 Å². The van der Waals surface area contributed by atoms with Crippen LogP contribution < -0.4 is 9.46 Å². The van der Waals surface area contributed by atoms with Gasteiger partial charge in [-0.3, -0.25) is 4.79 Å². The lowest BCUT2D eigenvalue weighted by molar-refractivity contribution is 0.0789. The quantitative estimate of drug-likeness (QED) is 0.427. The SMILES string of the molecule is CCCc1ccc(OCCNS(=O)(=O)c2ccc(SC)c(C(=O)N3CCCC3)c2)cc1. The van der Waals surface area contributed by atoms with E-state index in [9.17, 15) is 13.2 Å². The van der Waals surface area contributed by atoms with Crippen LogP contribution in [0.25, 0.3) is 0 Å². The van der Waals surface area contributed by atoms with Crippen molar-refractivity contribution in [3.05, 3.63) is 53.6 Å². The van der Waals surface area contributed by atoms with Crippen molar-refractivity contribution in [3.63, 3.8) is 0 Å². The summed E-state index contributed by atoms with van der Waals surface area (Å²) in [6.45, 7) is 3.93. The van der Waals surface area contributed by atoms with E-state index < -0.39 is 10.0 Å². The number of nitrogens with one attached hydrogen (secondary N) is 1. The first-order valence-electron chi connectivity index (χ1n) is 10.6. The van der Waals surface area contributed by atoms with Crippen LogP contribution in [0.1, 0.15) is 42.1 Å². The molecule has 0 spiro atoms. The predicted octanol–water partition coefficient (Wildman–Crippen LogP) is 3.95. The second kappa shape index (κ2) is 11.0. The fourth-order valence-electron chi connectivity index (χ4n) is 3.58. The molecule has 0 bridgehead atoms. The van der Waals surface area contributed by atoms with Crippen molar-refractivity contribution in [3.8, 4) is 5.75 Å². The topological polar surface area (TPSA) is 75.7 Å². The number of benzene rings is 2. The van der Waals surface area contributed by atoms with Gasteiger partial charge in [-0.05, 0) is 61.4 Å². The summed E-state index contributed by atoms with van der Waals surface area (Å²) in [7, 11) is -3.74. The number of thioether (sulfide) groups is 1. The highest BCUT2D eigenvalue weighted by Gasteiger charge is 2.24. The van der Waals surface area contributed by atoms with Gasteiger partial charge in [0, 0.05) is 24.5 Å². The van der Waals surface area contributed by atoms with Gasteiger partial charge in [0.25, 0.3) is 5.91 Å². The fraction of sp³-hybridized carbons (Fsp3) is 0.435. The first-order chi connectivity index (χ1) is 14.9. The number of likely N-dealkylation sites (tertiary alicyclic amines) is 1. The van der Waals surface area contributed by atoms with E-state index in [4.69, 9.17) is 4.74 Å². The van der Waals surface area contributed by atoms with E-state index in [-0.39, 0.29) is 24.0 Å². The molecule has 0 aromatic heterocycles. The molecule has 0 unspecified atom stereocenters. The smallest absolute Gasteiger partial charge is 0.255 e. The third kappa shape index (κ3) is 6.24. The molecule has 168 valence electrons. The molecule has 0 radical (unpaired) electrons. The lowest BCUT2D eigenvalue weighted by atomic mass is 10.1. The van der Waals surface area contributed by atoms with Crippen LogP contribution in [-0.4, -0.2) is 51.7 Å². The van der Waals surface area contributed by atoms with E-state index in [1.54, 1.807) is 17.0 Å². The van der Waals surface area contributed by atoms with Crippen LogP contribution in [0.3, 0.4) is 0 Å². The van der Waals surface area contributed by atoms with E-state index in [0.29, 0.717) is 11.3 Å². The largest absolute Gasteiger partial charge is 0.492 e. The predicted molar refractivity (Wildman–Crippen MR) is 124 cm³/mol. The molecule has 31 heavy (non-hydrogen) atoms. The Labute approximate surface area is 189 Å². The minimum absolute atomic E-state index is 0.0942. The molecule has 1 N–H and O–H groups in total. The number of amides is 1. The first kappa shape index (κ1) is 23.6. The van der Waals surface area contributed by atoms with Crippen molar-refractivity contribution < 1.29 is 17.9 Å². The Morgan fingerprint density at radius 2 is 1.84 bits per heavy atom. The average Bonchev–Trinajstić information content (AvgIpc) is 3.32. The Hall–Kier alpha value is -2.03. The normalized spacial score (nSPS) is 14.1. The number of carbonyl (C=O) groups is 1. The van der Waals surface area contributed by atoms with Crippen molar-refractivity contribution in [2.45, 2.75) is 42.4 Å². The highest BCUT2D eigenvalue weighted by Crippen LogP contribution is 2.26. The number of hydrogen-bond acceptors (Lipinski definition) is 5. The maximum Gasteiger partial charge on any atom is 0.255 e. The minimum Gasteiger partial charge on any atom is -0.492 e. The van der Waals surface area contributed by atoms with Gasteiger partial charge in [0.05, 0.1) is 10.5 Å². The summed E-state index contributed by atoms with van der Waals surface area (Å²) in [5.74, 6) is 0.607. The number of nitrogens with zero attached hydrogens (tertiary/aromatic N) is 1. The number of aryl methyl sites for hydroxylation is 1. The number of ether oxygens (including phenoxy) is 1. The number of sulfonamides is 1. The molecule has 1 fully saturated rings. The zero-order valence-corrected chi connectivity index (χ0v) is 19.7. The Bertz CT molecular complexity index is 985. The summed E-state index contributed by atoms with van der Waals surface area (Å²) >= 11 is 1.44. The summed E-state index contributed by atoms with van der Waals surface area (Å²) in [5.41, 5.74) is 1.70. The van der Waals surface area contributed by atoms with Gasteiger partial charge in [0.2, 0.25) is 10.0 Å². The van der Waals surface area contributed by atoms with E-state index in [0.717, 1.165) is 43.7 Å². The van der Waals surface area contributed by atoms with Gasteiger partial charge in [-0.2, -0.15) is 0 Å². The Morgan fingerprint density at radius 3 is 2.48 bits per heavy atom. The Balaban J connectivity index is 1.61. The van der Waals surface area contributed by atoms with E-state index >= 15 is 0 Å². The molecule has 6 nitrogen and oxygen atoms in total. The van der Waals surface area contributed by atoms with E-state index in [2.05, 4.69) is 11.6 Å². The molecule has 1 aliphatic heterocycles. The second-order valence-electron chi connectivity index (χ2n) is 7.50. The molecule has 1 saturated heterocycles. The summed E-state index contributed by atoms with van der Waals surface area (Å²) in [6, 6.07) is 12.6. The van der Waals surface area contributed by atoms with Crippen molar-refractivity contribution in [2.24, 2.45) is 0 Å². The lowest BCUT2D eigenvalue weighted by Crippen LogP contribution is -2.30. The molecule has 3 rings (SSSR count). The third-order valence-electron chi connectivity index (χ3n) is 5.23. The average molecular weight is 463 g/mol. The molecule has 0 saturated carbocycles. The number of rotatable bonds is 10. The minimum atomic E-state index is -3.74. The van der Waals surface area contributed by atoms with Gasteiger partial charge in [-0.15, -0.1) is 11.8 Å². The van der Waals surface area contributed by atoms with Crippen LogP contribution in [0.2, 0.25) is 0 Å². The standard InChI is InChI=1S/C23H30N2O4S2/c1-3-6-18-7-9-19(10-8-18)29-16-13-24-31(27,28)20-11-12-22(30-2)21(17-20)23(26)25-14-4-5-15-25/h7-12,17,24H,3-6,13-16H2,1-2H3. The third-order valence-corrected chi connectivity index (χ3v) is 7.48. The van der Waals surface area contributed by atoms with Gasteiger partial charge in [-0.25, -0.2) is 13.1 Å². The molecule has 8 heteroatoms. The van der Waals surface area contributed by atoms with Crippen LogP contribution in [0, 0.1) is 0 Å². The second-order valence-corrected chi connectivity index (χ2v) is 10.1. The molecular weight excluding hydrogens is 432 g/mol. The van der Waals surface area contributed by atoms with Gasteiger partial charge >= 0.3 is 0 Å². The van der Waals surface area contributed by atoms with Crippen molar-refractivity contribution in [2.75, 3.05) is 32.5 Å². The monoisotopic (exact) mass is 462 g/mol. The zero-order chi connectivity index (χ0) is 22.3. The number of hydrogen-bond donors (Lipinski definition) is 1. The van der Waals surface area contributed by atoms with Crippen LogP contribution in [0.5, 0.6) is 5.75 Å². The molecule has 1 amide bonds.